The number of hydrogen-bond acceptors (Lipinski definition) is 3. The predicted molar refractivity (Wildman–Crippen MR) is 75.4 cm³/mol. The second-order valence-electron chi connectivity index (χ2n) is 3.90. The SMILES string of the molecule is CCOc1cccc(-c2nc(CN)c(Br)n2C)c1. The zero-order valence-corrected chi connectivity index (χ0v) is 12.1. The molecule has 0 spiro atoms. The molecule has 0 radical (unpaired) electrons. The van der Waals surface area contributed by atoms with E-state index in [9.17, 15) is 0 Å². The second-order valence-corrected chi connectivity index (χ2v) is 4.65. The summed E-state index contributed by atoms with van der Waals surface area (Å²) in [5.41, 5.74) is 7.53. The smallest absolute Gasteiger partial charge is 0.141 e. The maximum absolute atomic E-state index is 5.66. The number of nitrogens with zero attached hydrogens (tertiary/aromatic N) is 2. The Morgan fingerprint density at radius 1 is 1.44 bits per heavy atom. The first kappa shape index (κ1) is 13.1. The van der Waals surface area contributed by atoms with Gasteiger partial charge < -0.3 is 15.0 Å². The van der Waals surface area contributed by atoms with Crippen molar-refractivity contribution < 1.29 is 4.74 Å². The van der Waals surface area contributed by atoms with Gasteiger partial charge in [0, 0.05) is 19.2 Å². The average Bonchev–Trinajstić information content (AvgIpc) is 2.67. The summed E-state index contributed by atoms with van der Waals surface area (Å²) < 4.78 is 8.40. The van der Waals surface area contributed by atoms with Crippen LogP contribution in [0.5, 0.6) is 5.75 Å². The topological polar surface area (TPSA) is 53.1 Å². The number of nitrogens with two attached hydrogens (primary N) is 1. The van der Waals surface area contributed by atoms with E-state index < -0.39 is 0 Å². The van der Waals surface area contributed by atoms with E-state index in [1.54, 1.807) is 0 Å². The molecule has 0 saturated heterocycles. The number of aromatic nitrogens is 2. The van der Waals surface area contributed by atoms with Crippen LogP contribution in [-0.2, 0) is 13.6 Å². The van der Waals surface area contributed by atoms with Gasteiger partial charge in [0.2, 0.25) is 0 Å². The van der Waals surface area contributed by atoms with E-state index in [-0.39, 0.29) is 0 Å². The van der Waals surface area contributed by atoms with Gasteiger partial charge in [-0.3, -0.25) is 0 Å². The highest BCUT2D eigenvalue weighted by Crippen LogP contribution is 2.27. The van der Waals surface area contributed by atoms with Crippen molar-refractivity contribution >= 4 is 15.9 Å². The van der Waals surface area contributed by atoms with Gasteiger partial charge in [-0.25, -0.2) is 4.98 Å². The molecule has 0 fully saturated rings. The Balaban J connectivity index is 2.45. The fourth-order valence-electron chi connectivity index (χ4n) is 1.82. The van der Waals surface area contributed by atoms with Crippen LogP contribution in [0, 0.1) is 0 Å². The van der Waals surface area contributed by atoms with Gasteiger partial charge in [0.1, 0.15) is 16.2 Å². The van der Waals surface area contributed by atoms with E-state index in [1.165, 1.54) is 0 Å². The summed E-state index contributed by atoms with van der Waals surface area (Å²) in [6.45, 7) is 3.04. The summed E-state index contributed by atoms with van der Waals surface area (Å²) in [6.07, 6.45) is 0. The number of ether oxygens (including phenoxy) is 1. The molecule has 96 valence electrons. The molecule has 18 heavy (non-hydrogen) atoms. The monoisotopic (exact) mass is 309 g/mol. The summed E-state index contributed by atoms with van der Waals surface area (Å²) in [5.74, 6) is 1.73. The molecule has 0 aliphatic carbocycles. The number of halogens is 1. The average molecular weight is 310 g/mol. The molecule has 1 aromatic heterocycles. The van der Waals surface area contributed by atoms with Crippen LogP contribution < -0.4 is 10.5 Å². The Labute approximate surface area is 115 Å². The van der Waals surface area contributed by atoms with Gasteiger partial charge in [-0.2, -0.15) is 0 Å². The molecule has 2 rings (SSSR count). The van der Waals surface area contributed by atoms with E-state index in [0.717, 1.165) is 27.4 Å². The zero-order valence-electron chi connectivity index (χ0n) is 10.5. The summed E-state index contributed by atoms with van der Waals surface area (Å²) >= 11 is 3.50. The Morgan fingerprint density at radius 2 is 2.22 bits per heavy atom. The number of rotatable bonds is 4. The lowest BCUT2D eigenvalue weighted by atomic mass is 10.2. The maximum atomic E-state index is 5.66. The van der Waals surface area contributed by atoms with Gasteiger partial charge >= 0.3 is 0 Å². The first-order valence-electron chi connectivity index (χ1n) is 5.81. The minimum absolute atomic E-state index is 0.416. The molecule has 1 heterocycles. The van der Waals surface area contributed by atoms with E-state index in [4.69, 9.17) is 10.5 Å². The quantitative estimate of drug-likeness (QED) is 0.944. The molecule has 2 N–H and O–H groups in total. The number of imidazole rings is 1. The summed E-state index contributed by atoms with van der Waals surface area (Å²) in [7, 11) is 1.96. The number of hydrogen-bond donors (Lipinski definition) is 1. The van der Waals surface area contributed by atoms with Gasteiger partial charge in [0.15, 0.2) is 0 Å². The fourth-order valence-corrected chi connectivity index (χ4v) is 2.23. The van der Waals surface area contributed by atoms with Gasteiger partial charge in [-0.1, -0.05) is 12.1 Å². The highest BCUT2D eigenvalue weighted by atomic mass is 79.9. The molecule has 4 nitrogen and oxygen atoms in total. The van der Waals surface area contributed by atoms with Gasteiger partial charge in [0.25, 0.3) is 0 Å². The third-order valence-corrected chi connectivity index (χ3v) is 3.68. The van der Waals surface area contributed by atoms with Crippen molar-refractivity contribution in [2.75, 3.05) is 6.61 Å². The van der Waals surface area contributed by atoms with Crippen molar-refractivity contribution in [3.05, 3.63) is 34.6 Å². The first-order chi connectivity index (χ1) is 8.67. The van der Waals surface area contributed by atoms with Crippen LogP contribution in [0.3, 0.4) is 0 Å². The Kier molecular flexibility index (Phi) is 4.04. The largest absolute Gasteiger partial charge is 0.494 e. The minimum atomic E-state index is 0.416. The fraction of sp³-hybridized carbons (Fsp3) is 0.308. The van der Waals surface area contributed by atoms with Crippen molar-refractivity contribution in [1.82, 2.24) is 9.55 Å². The summed E-state index contributed by atoms with van der Waals surface area (Å²) in [6, 6.07) is 7.90. The third-order valence-electron chi connectivity index (χ3n) is 2.69. The Hall–Kier alpha value is -1.33. The van der Waals surface area contributed by atoms with E-state index in [2.05, 4.69) is 20.9 Å². The van der Waals surface area contributed by atoms with Gasteiger partial charge in [-0.05, 0) is 35.0 Å². The molecule has 0 bridgehead atoms. The van der Waals surface area contributed by atoms with Crippen LogP contribution >= 0.6 is 15.9 Å². The van der Waals surface area contributed by atoms with Gasteiger partial charge in [-0.15, -0.1) is 0 Å². The summed E-state index contributed by atoms with van der Waals surface area (Å²) in [4.78, 5) is 4.53. The molecule has 0 unspecified atom stereocenters. The zero-order chi connectivity index (χ0) is 13.1. The van der Waals surface area contributed by atoms with Crippen LogP contribution in [0.1, 0.15) is 12.6 Å². The molecule has 5 heteroatoms. The third kappa shape index (κ3) is 2.42. The minimum Gasteiger partial charge on any atom is -0.494 e. The first-order valence-corrected chi connectivity index (χ1v) is 6.61. The molecule has 0 amide bonds. The van der Waals surface area contributed by atoms with Crippen LogP contribution in [0.25, 0.3) is 11.4 Å². The molecule has 0 aliphatic rings. The van der Waals surface area contributed by atoms with Crippen LogP contribution in [0.15, 0.2) is 28.9 Å². The second kappa shape index (κ2) is 5.54. The van der Waals surface area contributed by atoms with Crippen molar-refractivity contribution in [2.24, 2.45) is 12.8 Å². The molecule has 0 aliphatic heterocycles. The van der Waals surface area contributed by atoms with Crippen LogP contribution in [0.2, 0.25) is 0 Å². The predicted octanol–water partition coefficient (Wildman–Crippen LogP) is 2.71. The van der Waals surface area contributed by atoms with Crippen molar-refractivity contribution in [3.63, 3.8) is 0 Å². The van der Waals surface area contributed by atoms with Crippen LogP contribution in [-0.4, -0.2) is 16.2 Å². The maximum Gasteiger partial charge on any atom is 0.141 e. The summed E-state index contributed by atoms with van der Waals surface area (Å²) in [5, 5.41) is 0. The number of benzene rings is 1. The standard InChI is InChI=1S/C13H16BrN3O/c1-3-18-10-6-4-5-9(7-10)13-16-11(8-15)12(14)17(13)2/h4-7H,3,8,15H2,1-2H3. The Morgan fingerprint density at radius 3 is 2.83 bits per heavy atom. The molecular formula is C13H16BrN3O. The lowest BCUT2D eigenvalue weighted by molar-refractivity contribution is 0.340. The molecular weight excluding hydrogens is 294 g/mol. The molecule has 1 aromatic carbocycles. The highest BCUT2D eigenvalue weighted by molar-refractivity contribution is 9.10. The van der Waals surface area contributed by atoms with Crippen molar-refractivity contribution in [2.45, 2.75) is 13.5 Å². The highest BCUT2D eigenvalue weighted by Gasteiger charge is 2.13. The van der Waals surface area contributed by atoms with Crippen molar-refractivity contribution in [3.8, 4) is 17.1 Å². The van der Waals surface area contributed by atoms with E-state index in [1.807, 2.05) is 42.8 Å². The van der Waals surface area contributed by atoms with E-state index >= 15 is 0 Å². The van der Waals surface area contributed by atoms with Crippen LogP contribution in [0.4, 0.5) is 0 Å². The molecule has 0 saturated carbocycles. The van der Waals surface area contributed by atoms with Crippen molar-refractivity contribution in [1.29, 1.82) is 0 Å². The van der Waals surface area contributed by atoms with E-state index in [0.29, 0.717) is 13.2 Å². The Bertz CT molecular complexity index is 551. The lowest BCUT2D eigenvalue weighted by Crippen LogP contribution is -1.97. The molecule has 0 atom stereocenters. The normalized spacial score (nSPS) is 10.7. The van der Waals surface area contributed by atoms with Gasteiger partial charge in [0.05, 0.1) is 12.3 Å². The lowest BCUT2D eigenvalue weighted by Gasteiger charge is -2.06. The molecule has 2 aromatic rings.